The van der Waals surface area contributed by atoms with Crippen molar-refractivity contribution in [1.29, 1.82) is 0 Å². The van der Waals surface area contributed by atoms with E-state index in [0.29, 0.717) is 0 Å². The molecule has 0 aromatic carbocycles. The number of carboxylic acid groups (broad SMARTS) is 1. The van der Waals surface area contributed by atoms with E-state index in [1.165, 1.54) is 11.0 Å². The molecule has 2 saturated heterocycles. The fourth-order valence-corrected chi connectivity index (χ4v) is 2.14. The van der Waals surface area contributed by atoms with Gasteiger partial charge in [0.2, 0.25) is 0 Å². The monoisotopic (exact) mass is 270 g/mol. The van der Waals surface area contributed by atoms with Crippen LogP contribution in [0.1, 0.15) is 0 Å². The largest absolute Gasteiger partial charge is 0.480 e. The summed E-state index contributed by atoms with van der Waals surface area (Å²) in [5, 5.41) is 8.65. The van der Waals surface area contributed by atoms with Gasteiger partial charge in [-0.05, 0) is 0 Å². The van der Waals surface area contributed by atoms with E-state index in [9.17, 15) is 14.4 Å². The SMILES string of the molecule is C=CCOC(=O)N1CC2(C1)CN(CC(=O)O)C(=O)O2. The zero-order chi connectivity index (χ0) is 14.0. The number of rotatable bonds is 4. The topological polar surface area (TPSA) is 96.4 Å². The standard InChI is InChI=1S/C11H14N2O6/c1-2-3-18-9(16)13-6-11(7-13)5-12(4-8(14)15)10(17)19-11/h2H,1,3-7H2,(H,14,15). The molecule has 0 atom stereocenters. The van der Waals surface area contributed by atoms with Gasteiger partial charge in [-0.25, -0.2) is 9.59 Å². The molecular weight excluding hydrogens is 256 g/mol. The van der Waals surface area contributed by atoms with Crippen molar-refractivity contribution < 1.29 is 29.0 Å². The Morgan fingerprint density at radius 1 is 1.47 bits per heavy atom. The van der Waals surface area contributed by atoms with E-state index >= 15 is 0 Å². The smallest absolute Gasteiger partial charge is 0.411 e. The third kappa shape index (κ3) is 2.61. The Morgan fingerprint density at radius 2 is 2.16 bits per heavy atom. The van der Waals surface area contributed by atoms with Gasteiger partial charge in [0.15, 0.2) is 5.60 Å². The van der Waals surface area contributed by atoms with Gasteiger partial charge < -0.3 is 14.6 Å². The summed E-state index contributed by atoms with van der Waals surface area (Å²) >= 11 is 0. The number of ether oxygens (including phenoxy) is 2. The lowest BCUT2D eigenvalue weighted by molar-refractivity contribution is -0.137. The highest BCUT2D eigenvalue weighted by molar-refractivity contribution is 5.79. The van der Waals surface area contributed by atoms with Crippen molar-refractivity contribution in [2.75, 3.05) is 32.8 Å². The summed E-state index contributed by atoms with van der Waals surface area (Å²) in [6, 6.07) is 0. The molecule has 2 amide bonds. The first-order valence-electron chi connectivity index (χ1n) is 5.68. The van der Waals surface area contributed by atoms with Gasteiger partial charge in [0.05, 0.1) is 19.6 Å². The van der Waals surface area contributed by atoms with Gasteiger partial charge in [0.1, 0.15) is 13.2 Å². The highest BCUT2D eigenvalue weighted by Gasteiger charge is 2.55. The fourth-order valence-electron chi connectivity index (χ4n) is 2.14. The molecule has 104 valence electrons. The molecule has 0 saturated carbocycles. The molecule has 8 heteroatoms. The normalized spacial score (nSPS) is 19.9. The third-order valence-corrected chi connectivity index (χ3v) is 2.91. The molecule has 0 radical (unpaired) electrons. The van der Waals surface area contributed by atoms with Crippen LogP contribution in [0.15, 0.2) is 12.7 Å². The second-order valence-corrected chi connectivity index (χ2v) is 4.52. The maximum absolute atomic E-state index is 11.5. The molecule has 0 bridgehead atoms. The zero-order valence-electron chi connectivity index (χ0n) is 10.2. The van der Waals surface area contributed by atoms with E-state index in [2.05, 4.69) is 6.58 Å². The van der Waals surface area contributed by atoms with E-state index in [4.69, 9.17) is 14.6 Å². The molecule has 0 aromatic heterocycles. The number of carboxylic acids is 1. The summed E-state index contributed by atoms with van der Waals surface area (Å²) in [5.74, 6) is -1.10. The Morgan fingerprint density at radius 3 is 2.74 bits per heavy atom. The molecule has 2 fully saturated rings. The lowest BCUT2D eigenvalue weighted by Crippen LogP contribution is -2.65. The summed E-state index contributed by atoms with van der Waals surface area (Å²) in [5.41, 5.74) is -0.792. The quantitative estimate of drug-likeness (QED) is 0.716. The molecule has 1 spiro atoms. The first kappa shape index (κ1) is 13.2. The Balaban J connectivity index is 1.85. The number of hydrogen-bond donors (Lipinski definition) is 1. The van der Waals surface area contributed by atoms with Crippen LogP contribution in [0.3, 0.4) is 0 Å². The van der Waals surface area contributed by atoms with Crippen molar-refractivity contribution in [3.05, 3.63) is 12.7 Å². The Kier molecular flexibility index (Phi) is 3.32. The van der Waals surface area contributed by atoms with Crippen LogP contribution < -0.4 is 0 Å². The van der Waals surface area contributed by atoms with E-state index in [1.807, 2.05) is 0 Å². The molecular formula is C11H14N2O6. The fraction of sp³-hybridized carbons (Fsp3) is 0.545. The summed E-state index contributed by atoms with van der Waals surface area (Å²) in [6.07, 6.45) is 0.289. The van der Waals surface area contributed by atoms with E-state index in [1.54, 1.807) is 0 Å². The van der Waals surface area contributed by atoms with Crippen LogP contribution in [-0.2, 0) is 14.3 Å². The number of aliphatic carboxylic acids is 1. The second kappa shape index (κ2) is 4.79. The van der Waals surface area contributed by atoms with Gasteiger partial charge in [-0.1, -0.05) is 12.7 Å². The minimum atomic E-state index is -1.10. The van der Waals surface area contributed by atoms with E-state index < -0.39 is 30.3 Å². The Labute approximate surface area is 109 Å². The van der Waals surface area contributed by atoms with Crippen molar-refractivity contribution >= 4 is 18.2 Å². The number of amides is 2. The Hall–Kier alpha value is -2.25. The van der Waals surface area contributed by atoms with E-state index in [-0.39, 0.29) is 26.2 Å². The van der Waals surface area contributed by atoms with Gasteiger partial charge in [0, 0.05) is 0 Å². The van der Waals surface area contributed by atoms with Crippen LogP contribution in [0.25, 0.3) is 0 Å². The van der Waals surface area contributed by atoms with Crippen molar-refractivity contribution in [3.63, 3.8) is 0 Å². The minimum absolute atomic E-state index is 0.118. The highest BCUT2D eigenvalue weighted by Crippen LogP contribution is 2.32. The van der Waals surface area contributed by atoms with Crippen molar-refractivity contribution in [1.82, 2.24) is 9.80 Å². The molecule has 0 aliphatic carbocycles. The van der Waals surface area contributed by atoms with Gasteiger partial charge in [-0.15, -0.1) is 0 Å². The van der Waals surface area contributed by atoms with Crippen molar-refractivity contribution in [3.8, 4) is 0 Å². The van der Waals surface area contributed by atoms with Crippen LogP contribution in [0.5, 0.6) is 0 Å². The molecule has 1 N–H and O–H groups in total. The number of hydrogen-bond acceptors (Lipinski definition) is 5. The van der Waals surface area contributed by atoms with Gasteiger partial charge in [0.25, 0.3) is 0 Å². The Bertz CT molecular complexity index is 429. The molecule has 2 aliphatic heterocycles. The lowest BCUT2D eigenvalue weighted by atomic mass is 9.95. The molecule has 2 heterocycles. The summed E-state index contributed by atoms with van der Waals surface area (Å²) in [7, 11) is 0. The third-order valence-electron chi connectivity index (χ3n) is 2.91. The predicted octanol–water partition coefficient (Wildman–Crippen LogP) is -0.0998. The average molecular weight is 270 g/mol. The van der Waals surface area contributed by atoms with Crippen LogP contribution >= 0.6 is 0 Å². The van der Waals surface area contributed by atoms with Gasteiger partial charge in [-0.3, -0.25) is 14.6 Å². The van der Waals surface area contributed by atoms with Crippen molar-refractivity contribution in [2.24, 2.45) is 0 Å². The lowest BCUT2D eigenvalue weighted by Gasteiger charge is -2.44. The maximum Gasteiger partial charge on any atom is 0.411 e. The van der Waals surface area contributed by atoms with Crippen LogP contribution in [0.2, 0.25) is 0 Å². The highest BCUT2D eigenvalue weighted by atomic mass is 16.6. The number of nitrogens with zero attached hydrogens (tertiary/aromatic N) is 2. The maximum atomic E-state index is 11.5. The number of carbonyl (C=O) groups excluding carboxylic acids is 2. The molecule has 2 rings (SSSR count). The number of carbonyl (C=O) groups is 3. The van der Waals surface area contributed by atoms with Gasteiger partial charge in [-0.2, -0.15) is 0 Å². The molecule has 2 aliphatic rings. The van der Waals surface area contributed by atoms with Crippen molar-refractivity contribution in [2.45, 2.75) is 5.60 Å². The zero-order valence-corrected chi connectivity index (χ0v) is 10.2. The summed E-state index contributed by atoms with van der Waals surface area (Å²) in [4.78, 5) is 36.0. The summed E-state index contributed by atoms with van der Waals surface area (Å²) in [6.45, 7) is 3.74. The average Bonchev–Trinajstić information content (AvgIpc) is 2.61. The first-order valence-corrected chi connectivity index (χ1v) is 5.68. The molecule has 0 aromatic rings. The molecule has 19 heavy (non-hydrogen) atoms. The van der Waals surface area contributed by atoms with E-state index in [0.717, 1.165) is 4.90 Å². The minimum Gasteiger partial charge on any atom is -0.480 e. The first-order chi connectivity index (χ1) is 8.96. The summed E-state index contributed by atoms with van der Waals surface area (Å²) < 4.78 is 9.97. The number of likely N-dealkylation sites (tertiary alicyclic amines) is 1. The van der Waals surface area contributed by atoms with Crippen LogP contribution in [0.4, 0.5) is 9.59 Å². The van der Waals surface area contributed by atoms with Crippen LogP contribution in [-0.4, -0.2) is 71.4 Å². The molecule has 0 unspecified atom stereocenters. The van der Waals surface area contributed by atoms with Crippen LogP contribution in [0, 0.1) is 0 Å². The second-order valence-electron chi connectivity index (χ2n) is 4.52. The van der Waals surface area contributed by atoms with Gasteiger partial charge >= 0.3 is 18.2 Å². The molecule has 8 nitrogen and oxygen atoms in total. The predicted molar refractivity (Wildman–Crippen MR) is 61.5 cm³/mol.